The Morgan fingerprint density at radius 1 is 0.363 bits per heavy atom. The van der Waals surface area contributed by atoms with Gasteiger partial charge >= 0.3 is 0 Å². The van der Waals surface area contributed by atoms with Gasteiger partial charge in [-0.1, -0.05) is 223 Å². The van der Waals surface area contributed by atoms with Gasteiger partial charge in [-0.15, -0.1) is 11.3 Å². The zero-order valence-corrected chi connectivity index (χ0v) is 59.1. The van der Waals surface area contributed by atoms with E-state index in [1.165, 1.54) is 126 Å². The van der Waals surface area contributed by atoms with E-state index in [1.807, 2.05) is 11.3 Å². The summed E-state index contributed by atoms with van der Waals surface area (Å²) in [6.07, 6.45) is 4.58. The Labute approximate surface area is 550 Å². The number of benzene rings is 9. The quantitative estimate of drug-likeness (QED) is 0.154. The summed E-state index contributed by atoms with van der Waals surface area (Å²) in [4.78, 5) is 8.04. The van der Waals surface area contributed by atoms with Crippen LogP contribution in [0.25, 0.3) is 31.3 Å². The number of nitrogens with zero attached hydrogens (tertiary/aromatic N) is 3. The summed E-state index contributed by atoms with van der Waals surface area (Å²) < 4.78 is 2.67. The summed E-state index contributed by atoms with van der Waals surface area (Å²) in [6, 6.07) is 68.4. The van der Waals surface area contributed by atoms with Crippen LogP contribution < -0.4 is 31.1 Å². The minimum atomic E-state index is -0.102. The SMILES string of the molecule is CC(C)(C)c1ccc(N(c2ccc(C(C)(C)C)cc2)c2cc3c4c(c2)N(c2ccc(C(C)(C)C)cc2-c2ccccc2)c2cc5c(cc2B4c2cc4c(cc2N3c2ccc3c(c2)C(C)(C)CCC3(C)C)C(C)(C)CCC4(C)C)sc2cc(C(C)(C)C)ccc25)cc1. The van der Waals surface area contributed by atoms with Crippen molar-refractivity contribution < 1.29 is 0 Å². The first-order chi connectivity index (χ1) is 42.6. The highest BCUT2D eigenvalue weighted by atomic mass is 32.1. The molecule has 2 aliphatic heterocycles. The van der Waals surface area contributed by atoms with Crippen molar-refractivity contribution in [3.8, 4) is 11.1 Å². The van der Waals surface area contributed by atoms with Crippen LogP contribution in [0.5, 0.6) is 0 Å². The largest absolute Gasteiger partial charge is 0.311 e. The molecule has 0 saturated carbocycles. The molecule has 0 N–H and O–H groups in total. The third kappa shape index (κ3) is 10.2. The maximum absolute atomic E-state index is 2.75. The fourth-order valence-corrected chi connectivity index (χ4v) is 17.0. The Kier molecular flexibility index (Phi) is 13.8. The van der Waals surface area contributed by atoms with Gasteiger partial charge < -0.3 is 14.7 Å². The van der Waals surface area contributed by atoms with Crippen LogP contribution in [0.1, 0.15) is 209 Å². The van der Waals surface area contributed by atoms with Gasteiger partial charge in [0.2, 0.25) is 0 Å². The van der Waals surface area contributed by atoms with Gasteiger partial charge in [0.25, 0.3) is 6.71 Å². The predicted octanol–water partition coefficient (Wildman–Crippen LogP) is 23.2. The smallest absolute Gasteiger partial charge is 0.252 e. The Morgan fingerprint density at radius 2 is 0.824 bits per heavy atom. The molecule has 10 aromatic rings. The molecule has 1 aromatic heterocycles. The van der Waals surface area contributed by atoms with E-state index in [1.54, 1.807) is 0 Å². The molecule has 464 valence electrons. The Morgan fingerprint density at radius 3 is 1.38 bits per heavy atom. The van der Waals surface area contributed by atoms with Crippen LogP contribution >= 0.6 is 11.3 Å². The number of fused-ring (bicyclic) bond motifs is 9. The van der Waals surface area contributed by atoms with Gasteiger partial charge in [-0.3, -0.25) is 0 Å². The summed E-state index contributed by atoms with van der Waals surface area (Å²) >= 11 is 1.97. The molecule has 91 heavy (non-hydrogen) atoms. The lowest BCUT2D eigenvalue weighted by Crippen LogP contribution is -2.62. The number of hydrogen-bond donors (Lipinski definition) is 0. The summed E-state index contributed by atoms with van der Waals surface area (Å²) in [5.41, 5.74) is 28.3. The van der Waals surface area contributed by atoms with Crippen LogP contribution in [0, 0.1) is 0 Å². The first-order valence-electron chi connectivity index (χ1n) is 33.9. The normalized spacial score (nSPS) is 17.1. The first-order valence-corrected chi connectivity index (χ1v) is 34.7. The highest BCUT2D eigenvalue weighted by Crippen LogP contribution is 2.56. The molecule has 0 atom stereocenters. The van der Waals surface area contributed by atoms with Crippen molar-refractivity contribution in [3.63, 3.8) is 0 Å². The molecule has 0 unspecified atom stereocenters. The maximum Gasteiger partial charge on any atom is 0.252 e. The van der Waals surface area contributed by atoms with Gasteiger partial charge in [0.15, 0.2) is 0 Å². The van der Waals surface area contributed by atoms with E-state index < -0.39 is 0 Å². The summed E-state index contributed by atoms with van der Waals surface area (Å²) in [7, 11) is 0. The van der Waals surface area contributed by atoms with Crippen molar-refractivity contribution in [2.24, 2.45) is 0 Å². The molecule has 4 aliphatic rings. The van der Waals surface area contributed by atoms with E-state index in [4.69, 9.17) is 0 Å². The number of rotatable bonds is 6. The topological polar surface area (TPSA) is 9.72 Å². The second kappa shape index (κ2) is 20.6. The van der Waals surface area contributed by atoms with Gasteiger partial charge in [-0.25, -0.2) is 0 Å². The molecule has 0 radical (unpaired) electrons. The van der Waals surface area contributed by atoms with Crippen LogP contribution in [-0.4, -0.2) is 6.71 Å². The fraction of sp³-hybridized carbons (Fsp3) is 0.372. The van der Waals surface area contributed by atoms with Crippen molar-refractivity contribution in [2.45, 2.75) is 207 Å². The molecule has 3 heterocycles. The van der Waals surface area contributed by atoms with E-state index in [0.29, 0.717) is 0 Å². The van der Waals surface area contributed by atoms with Gasteiger partial charge in [0, 0.05) is 65.5 Å². The highest BCUT2D eigenvalue weighted by Gasteiger charge is 2.48. The molecule has 0 saturated heterocycles. The molecular weight excluding hydrogens is 1120 g/mol. The average Bonchev–Trinajstić information content (AvgIpc) is 1.20. The van der Waals surface area contributed by atoms with Crippen LogP contribution in [0.15, 0.2) is 170 Å². The molecule has 0 bridgehead atoms. The zero-order chi connectivity index (χ0) is 64.7. The molecule has 14 rings (SSSR count). The Hall–Kier alpha value is -7.34. The molecule has 9 aromatic carbocycles. The fourth-order valence-electron chi connectivity index (χ4n) is 15.9. The standard InChI is InChI=1S/C86H96BN3S/c1-79(2,3)54-26-32-58(33-27-54)88(59-34-28-55(29-35-59)80(4,5)6)61-47-74-78-75(48-61)90(71-39-31-56(81(7,8)9)44-63(71)53-24-22-21-23-25-53)72-49-64-62-37-30-57(82(10,11)12)45-76(62)91-77(64)52-70(72)87(78)69-50-67-68(86(19,20)43-42-85(67,17)18)51-73(69)89(74)60-36-38-65-66(46-60)84(15,16)41-40-83(65,13)14/h21-39,44-52H,40-43H2,1-20H3. The molecular formula is C86H96BN3S. The van der Waals surface area contributed by atoms with Crippen LogP contribution in [-0.2, 0) is 43.3 Å². The van der Waals surface area contributed by atoms with E-state index in [2.05, 4.69) is 323 Å². The minimum absolute atomic E-state index is 0.00748. The van der Waals surface area contributed by atoms with Crippen LogP contribution in [0.3, 0.4) is 0 Å². The van der Waals surface area contributed by atoms with Crippen molar-refractivity contribution in [1.82, 2.24) is 0 Å². The summed E-state index contributed by atoms with van der Waals surface area (Å²) in [5.74, 6) is 0. The third-order valence-corrected chi connectivity index (χ3v) is 23.1. The number of anilines is 9. The predicted molar refractivity (Wildman–Crippen MR) is 399 cm³/mol. The Balaban J connectivity index is 1.17. The van der Waals surface area contributed by atoms with Crippen LogP contribution in [0.2, 0.25) is 0 Å². The van der Waals surface area contributed by atoms with E-state index in [9.17, 15) is 0 Å². The first kappa shape index (κ1) is 61.2. The highest BCUT2D eigenvalue weighted by molar-refractivity contribution is 7.26. The monoisotopic (exact) mass is 1210 g/mol. The van der Waals surface area contributed by atoms with Gasteiger partial charge in [0.05, 0.1) is 11.4 Å². The zero-order valence-electron chi connectivity index (χ0n) is 58.3. The lowest BCUT2D eigenvalue weighted by atomic mass is 9.33. The van der Waals surface area contributed by atoms with E-state index in [0.717, 1.165) is 42.7 Å². The van der Waals surface area contributed by atoms with E-state index >= 15 is 0 Å². The van der Waals surface area contributed by atoms with Gasteiger partial charge in [-0.05, 0) is 220 Å². The van der Waals surface area contributed by atoms with Crippen molar-refractivity contribution in [3.05, 3.63) is 214 Å². The number of hydrogen-bond acceptors (Lipinski definition) is 4. The molecule has 3 nitrogen and oxygen atoms in total. The summed E-state index contributed by atoms with van der Waals surface area (Å²) in [6.45, 7) is 47.9. The molecule has 5 heteroatoms. The second-order valence-corrected chi connectivity index (χ2v) is 35.6. The van der Waals surface area contributed by atoms with Crippen LogP contribution in [0.4, 0.5) is 51.2 Å². The van der Waals surface area contributed by atoms with Crippen molar-refractivity contribution in [1.29, 1.82) is 0 Å². The number of thiophene rings is 1. The minimum Gasteiger partial charge on any atom is -0.311 e. The lowest BCUT2D eigenvalue weighted by Gasteiger charge is -2.48. The Bertz CT molecular complexity index is 4500. The molecule has 2 aliphatic carbocycles. The maximum atomic E-state index is 2.75. The lowest BCUT2D eigenvalue weighted by molar-refractivity contribution is 0.332. The van der Waals surface area contributed by atoms with E-state index in [-0.39, 0.29) is 50.0 Å². The molecule has 0 spiro atoms. The molecule has 0 amide bonds. The van der Waals surface area contributed by atoms with Gasteiger partial charge in [-0.2, -0.15) is 0 Å². The van der Waals surface area contributed by atoms with Gasteiger partial charge in [0.1, 0.15) is 0 Å². The molecule has 0 fully saturated rings. The average molecular weight is 1210 g/mol. The summed E-state index contributed by atoms with van der Waals surface area (Å²) in [5, 5.41) is 2.62. The van der Waals surface area contributed by atoms with Crippen molar-refractivity contribution in [2.75, 3.05) is 14.7 Å². The van der Waals surface area contributed by atoms with Crippen molar-refractivity contribution >= 4 is 106 Å². The third-order valence-electron chi connectivity index (χ3n) is 22.0. The second-order valence-electron chi connectivity index (χ2n) is 34.5.